The van der Waals surface area contributed by atoms with Crippen LogP contribution in [0.1, 0.15) is 30.3 Å². The van der Waals surface area contributed by atoms with Crippen LogP contribution in [0, 0.1) is 5.92 Å². The van der Waals surface area contributed by atoms with E-state index in [4.69, 9.17) is 5.11 Å². The van der Waals surface area contributed by atoms with Gasteiger partial charge in [-0.3, -0.25) is 4.79 Å². The summed E-state index contributed by atoms with van der Waals surface area (Å²) in [6, 6.07) is 3.15. The molecule has 1 N–H and O–H groups in total. The van der Waals surface area contributed by atoms with Gasteiger partial charge in [-0.1, -0.05) is 0 Å². The van der Waals surface area contributed by atoms with E-state index >= 15 is 0 Å². The molecular formula is C13H18N2O3. The second-order valence-corrected chi connectivity index (χ2v) is 4.70. The highest BCUT2D eigenvalue weighted by molar-refractivity contribution is 5.86. The lowest BCUT2D eigenvalue weighted by Gasteiger charge is -2.21. The fourth-order valence-corrected chi connectivity index (χ4v) is 2.01. The molecule has 0 aromatic carbocycles. The van der Waals surface area contributed by atoms with Gasteiger partial charge in [-0.25, -0.2) is 4.79 Å². The molecule has 0 aliphatic heterocycles. The molecular weight excluding hydrogens is 232 g/mol. The van der Waals surface area contributed by atoms with Crippen LogP contribution in [0.2, 0.25) is 0 Å². The van der Waals surface area contributed by atoms with E-state index in [0.29, 0.717) is 12.5 Å². The zero-order valence-electron chi connectivity index (χ0n) is 10.5. The van der Waals surface area contributed by atoms with Crippen LogP contribution in [0.5, 0.6) is 0 Å². The van der Waals surface area contributed by atoms with Gasteiger partial charge in [0.05, 0.1) is 0 Å². The van der Waals surface area contributed by atoms with E-state index in [1.54, 1.807) is 12.3 Å². The monoisotopic (exact) mass is 250 g/mol. The lowest BCUT2D eigenvalue weighted by molar-refractivity contribution is -0.131. The molecule has 0 unspecified atom stereocenters. The van der Waals surface area contributed by atoms with Gasteiger partial charge in [0.25, 0.3) is 0 Å². The summed E-state index contributed by atoms with van der Waals surface area (Å²) >= 11 is 0. The molecule has 1 aromatic rings. The average Bonchev–Trinajstić information content (AvgIpc) is 3.03. The number of carbonyl (C=O) groups is 2. The third kappa shape index (κ3) is 2.91. The van der Waals surface area contributed by atoms with Gasteiger partial charge < -0.3 is 14.6 Å². The van der Waals surface area contributed by atoms with Gasteiger partial charge in [0.2, 0.25) is 5.91 Å². The summed E-state index contributed by atoms with van der Waals surface area (Å²) < 4.78 is 1.49. The molecule has 0 spiro atoms. The SMILES string of the molecule is CCN(CC1CC1)C(=O)Cn1cccc1C(=O)O. The predicted octanol–water partition coefficient (Wildman–Crippen LogP) is 1.44. The molecule has 1 aliphatic carbocycles. The largest absolute Gasteiger partial charge is 0.477 e. The third-order valence-electron chi connectivity index (χ3n) is 3.26. The molecule has 1 aromatic heterocycles. The van der Waals surface area contributed by atoms with Crippen LogP contribution in [0.25, 0.3) is 0 Å². The predicted molar refractivity (Wildman–Crippen MR) is 66.4 cm³/mol. The van der Waals surface area contributed by atoms with Gasteiger partial charge in [-0.2, -0.15) is 0 Å². The van der Waals surface area contributed by atoms with E-state index in [1.807, 2.05) is 11.8 Å². The van der Waals surface area contributed by atoms with E-state index in [9.17, 15) is 9.59 Å². The molecule has 0 radical (unpaired) electrons. The number of hydrogen-bond acceptors (Lipinski definition) is 2. The van der Waals surface area contributed by atoms with Gasteiger partial charge in [0, 0.05) is 19.3 Å². The summed E-state index contributed by atoms with van der Waals surface area (Å²) in [6.07, 6.45) is 4.04. The summed E-state index contributed by atoms with van der Waals surface area (Å²) in [5, 5.41) is 8.97. The maximum absolute atomic E-state index is 12.1. The second kappa shape index (κ2) is 5.25. The topological polar surface area (TPSA) is 62.5 Å². The van der Waals surface area contributed by atoms with Crippen molar-refractivity contribution in [3.05, 3.63) is 24.0 Å². The Balaban J connectivity index is 2.00. The van der Waals surface area contributed by atoms with Crippen LogP contribution in [0.3, 0.4) is 0 Å². The van der Waals surface area contributed by atoms with Crippen LogP contribution >= 0.6 is 0 Å². The number of rotatable bonds is 6. The molecule has 5 nitrogen and oxygen atoms in total. The highest BCUT2D eigenvalue weighted by Crippen LogP contribution is 2.29. The Morgan fingerprint density at radius 1 is 1.50 bits per heavy atom. The first-order valence-electron chi connectivity index (χ1n) is 6.28. The van der Waals surface area contributed by atoms with Crippen molar-refractivity contribution in [3.8, 4) is 0 Å². The third-order valence-corrected chi connectivity index (χ3v) is 3.26. The van der Waals surface area contributed by atoms with Crippen LogP contribution in [0.15, 0.2) is 18.3 Å². The van der Waals surface area contributed by atoms with E-state index < -0.39 is 5.97 Å². The van der Waals surface area contributed by atoms with E-state index in [1.165, 1.54) is 23.5 Å². The van der Waals surface area contributed by atoms with E-state index in [-0.39, 0.29) is 18.1 Å². The standard InChI is InChI=1S/C13H18N2O3/c1-2-14(8-10-5-6-10)12(16)9-15-7-3-4-11(15)13(17)18/h3-4,7,10H,2,5-6,8-9H2,1H3,(H,17,18). The molecule has 1 aliphatic rings. The quantitative estimate of drug-likeness (QED) is 0.831. The first-order valence-corrected chi connectivity index (χ1v) is 6.28. The molecule has 1 amide bonds. The van der Waals surface area contributed by atoms with Crippen molar-refractivity contribution in [1.82, 2.24) is 9.47 Å². The van der Waals surface area contributed by atoms with Crippen molar-refractivity contribution < 1.29 is 14.7 Å². The van der Waals surface area contributed by atoms with Crippen molar-refractivity contribution in [3.63, 3.8) is 0 Å². The lowest BCUT2D eigenvalue weighted by Crippen LogP contribution is -2.35. The molecule has 1 heterocycles. The van der Waals surface area contributed by atoms with Crippen molar-refractivity contribution in [2.45, 2.75) is 26.3 Å². The van der Waals surface area contributed by atoms with Gasteiger partial charge >= 0.3 is 5.97 Å². The fraction of sp³-hybridized carbons (Fsp3) is 0.538. The summed E-state index contributed by atoms with van der Waals surface area (Å²) in [5.74, 6) is -0.362. The lowest BCUT2D eigenvalue weighted by atomic mass is 10.3. The number of carboxylic acid groups (broad SMARTS) is 1. The Bertz CT molecular complexity index is 449. The molecule has 1 fully saturated rings. The molecule has 0 bridgehead atoms. The van der Waals surface area contributed by atoms with Crippen molar-refractivity contribution in [2.75, 3.05) is 13.1 Å². The molecule has 2 rings (SSSR count). The fourth-order valence-electron chi connectivity index (χ4n) is 2.01. The number of carbonyl (C=O) groups excluding carboxylic acids is 1. The Labute approximate surface area is 106 Å². The Morgan fingerprint density at radius 2 is 2.22 bits per heavy atom. The van der Waals surface area contributed by atoms with E-state index in [0.717, 1.165) is 6.54 Å². The highest BCUT2D eigenvalue weighted by atomic mass is 16.4. The van der Waals surface area contributed by atoms with Crippen molar-refractivity contribution >= 4 is 11.9 Å². The Morgan fingerprint density at radius 3 is 2.78 bits per heavy atom. The highest BCUT2D eigenvalue weighted by Gasteiger charge is 2.26. The van der Waals surface area contributed by atoms with Crippen molar-refractivity contribution in [2.24, 2.45) is 5.92 Å². The molecule has 0 saturated heterocycles. The zero-order valence-corrected chi connectivity index (χ0v) is 10.5. The maximum atomic E-state index is 12.1. The van der Waals surface area contributed by atoms with Crippen LogP contribution in [-0.2, 0) is 11.3 Å². The number of aromatic nitrogens is 1. The maximum Gasteiger partial charge on any atom is 0.352 e. The first kappa shape index (κ1) is 12.7. The normalized spacial score (nSPS) is 14.5. The van der Waals surface area contributed by atoms with Gasteiger partial charge in [0.1, 0.15) is 12.2 Å². The van der Waals surface area contributed by atoms with Gasteiger partial charge in [-0.05, 0) is 37.8 Å². The number of aromatic carboxylic acids is 1. The second-order valence-electron chi connectivity index (χ2n) is 4.70. The van der Waals surface area contributed by atoms with E-state index in [2.05, 4.69) is 0 Å². The smallest absolute Gasteiger partial charge is 0.352 e. The number of amides is 1. The molecule has 1 saturated carbocycles. The van der Waals surface area contributed by atoms with Crippen LogP contribution < -0.4 is 0 Å². The number of nitrogens with zero attached hydrogens (tertiary/aromatic N) is 2. The molecule has 18 heavy (non-hydrogen) atoms. The molecule has 0 atom stereocenters. The van der Waals surface area contributed by atoms with Gasteiger partial charge in [-0.15, -0.1) is 0 Å². The summed E-state index contributed by atoms with van der Waals surface area (Å²) in [5.41, 5.74) is 0.158. The summed E-state index contributed by atoms with van der Waals surface area (Å²) in [7, 11) is 0. The number of carboxylic acids is 1. The zero-order chi connectivity index (χ0) is 13.1. The minimum atomic E-state index is -1.00. The van der Waals surface area contributed by atoms with Crippen molar-refractivity contribution in [1.29, 1.82) is 0 Å². The Kier molecular flexibility index (Phi) is 3.69. The van der Waals surface area contributed by atoms with Crippen LogP contribution in [-0.4, -0.2) is 39.5 Å². The minimum Gasteiger partial charge on any atom is -0.477 e. The van der Waals surface area contributed by atoms with Gasteiger partial charge in [0.15, 0.2) is 0 Å². The molecule has 5 heteroatoms. The Hall–Kier alpha value is -1.78. The first-order chi connectivity index (χ1) is 8.61. The summed E-state index contributed by atoms with van der Waals surface area (Å²) in [4.78, 5) is 24.8. The minimum absolute atomic E-state index is 0.0110. The number of hydrogen-bond donors (Lipinski definition) is 1. The summed E-state index contributed by atoms with van der Waals surface area (Å²) in [6.45, 7) is 3.54. The number of likely N-dealkylation sites (N-methyl/N-ethyl adjacent to an activating group) is 1. The molecule has 98 valence electrons. The average molecular weight is 250 g/mol. The van der Waals surface area contributed by atoms with Crippen LogP contribution in [0.4, 0.5) is 0 Å².